The van der Waals surface area contributed by atoms with Gasteiger partial charge in [0.1, 0.15) is 17.8 Å². The Balaban J connectivity index is 3.02. The maximum absolute atomic E-state index is 12.0. The van der Waals surface area contributed by atoms with E-state index in [1.807, 2.05) is 0 Å². The Morgan fingerprint density at radius 3 is 2.50 bits per heavy atom. The lowest BCUT2D eigenvalue weighted by atomic mass is 10.4. The van der Waals surface area contributed by atoms with Gasteiger partial charge in [0.2, 0.25) is 0 Å². The van der Waals surface area contributed by atoms with Gasteiger partial charge in [-0.1, -0.05) is 0 Å². The largest absolute Gasteiger partial charge is 0.433 e. The molecule has 1 aromatic heterocycles. The first kappa shape index (κ1) is 8.76. The van der Waals surface area contributed by atoms with Gasteiger partial charge in [-0.3, -0.25) is 0 Å². The summed E-state index contributed by atoms with van der Waals surface area (Å²) in [6.45, 7) is 0. The van der Waals surface area contributed by atoms with Gasteiger partial charge < -0.3 is 5.32 Å². The van der Waals surface area contributed by atoms with E-state index in [4.69, 9.17) is 0 Å². The molecule has 0 aliphatic carbocycles. The number of nitrogens with zero attached hydrogens (tertiary/aromatic N) is 2. The standard InChI is InChI=1S/C6H6F3N3/c1-10-5-2-4(6(7,8)9)11-3-12-5/h2-3H,1H3,(H,10,11,12). The normalized spacial score (nSPS) is 11.3. The Labute approximate surface area is 66.6 Å². The van der Waals surface area contributed by atoms with Gasteiger partial charge in [0, 0.05) is 13.1 Å². The van der Waals surface area contributed by atoms with Gasteiger partial charge in [-0.05, 0) is 0 Å². The molecule has 0 radical (unpaired) electrons. The zero-order valence-electron chi connectivity index (χ0n) is 6.18. The predicted molar refractivity (Wildman–Crippen MR) is 36.6 cm³/mol. The van der Waals surface area contributed by atoms with Gasteiger partial charge in [-0.25, -0.2) is 9.97 Å². The topological polar surface area (TPSA) is 37.8 Å². The van der Waals surface area contributed by atoms with Crippen LogP contribution >= 0.6 is 0 Å². The number of aromatic nitrogens is 2. The van der Waals surface area contributed by atoms with Gasteiger partial charge in [0.15, 0.2) is 0 Å². The number of hydrogen-bond donors (Lipinski definition) is 1. The molecule has 0 saturated carbocycles. The number of alkyl halides is 3. The molecule has 0 fully saturated rings. The first-order valence-corrected chi connectivity index (χ1v) is 3.11. The molecule has 0 aromatic carbocycles. The molecule has 0 spiro atoms. The van der Waals surface area contributed by atoms with Crippen LogP contribution in [0.5, 0.6) is 0 Å². The van der Waals surface area contributed by atoms with Crippen LogP contribution in [-0.4, -0.2) is 17.0 Å². The van der Waals surface area contributed by atoms with Gasteiger partial charge in [0.25, 0.3) is 0 Å². The highest BCUT2D eigenvalue weighted by Gasteiger charge is 2.32. The fourth-order valence-corrected chi connectivity index (χ4v) is 0.649. The highest BCUT2D eigenvalue weighted by molar-refractivity contribution is 5.34. The summed E-state index contributed by atoms with van der Waals surface area (Å²) in [5.74, 6) is 0.150. The number of rotatable bonds is 1. The fourth-order valence-electron chi connectivity index (χ4n) is 0.649. The third-order valence-corrected chi connectivity index (χ3v) is 1.21. The molecular formula is C6H6F3N3. The van der Waals surface area contributed by atoms with E-state index >= 15 is 0 Å². The molecular weight excluding hydrogens is 171 g/mol. The Bertz CT molecular complexity index is 271. The zero-order valence-corrected chi connectivity index (χ0v) is 6.18. The molecule has 6 heteroatoms. The minimum atomic E-state index is -4.41. The van der Waals surface area contributed by atoms with Gasteiger partial charge >= 0.3 is 6.18 Å². The van der Waals surface area contributed by atoms with Crippen molar-refractivity contribution in [3.05, 3.63) is 18.1 Å². The highest BCUT2D eigenvalue weighted by atomic mass is 19.4. The van der Waals surface area contributed by atoms with E-state index in [0.29, 0.717) is 0 Å². The van der Waals surface area contributed by atoms with Gasteiger partial charge in [-0.15, -0.1) is 0 Å². The second-order valence-corrected chi connectivity index (χ2v) is 2.04. The molecule has 3 nitrogen and oxygen atoms in total. The fraction of sp³-hybridized carbons (Fsp3) is 0.333. The van der Waals surface area contributed by atoms with Crippen molar-refractivity contribution < 1.29 is 13.2 Å². The minimum absolute atomic E-state index is 0.150. The SMILES string of the molecule is CNc1cc(C(F)(F)F)ncn1. The summed E-state index contributed by atoms with van der Waals surface area (Å²) in [6, 6.07) is 0.847. The maximum atomic E-state index is 12.0. The molecule has 1 N–H and O–H groups in total. The summed E-state index contributed by atoms with van der Waals surface area (Å²) >= 11 is 0. The lowest BCUT2D eigenvalue weighted by molar-refractivity contribution is -0.141. The number of nitrogens with one attached hydrogen (secondary N) is 1. The molecule has 0 bridgehead atoms. The number of halogens is 3. The molecule has 0 amide bonds. The predicted octanol–water partition coefficient (Wildman–Crippen LogP) is 1.54. The summed E-state index contributed by atoms with van der Waals surface area (Å²) in [5, 5.41) is 2.49. The molecule has 0 saturated heterocycles. The Morgan fingerprint density at radius 1 is 1.33 bits per heavy atom. The maximum Gasteiger partial charge on any atom is 0.433 e. The van der Waals surface area contributed by atoms with Crippen LogP contribution in [0.1, 0.15) is 5.69 Å². The van der Waals surface area contributed by atoms with E-state index in [9.17, 15) is 13.2 Å². The van der Waals surface area contributed by atoms with Crippen LogP contribution < -0.4 is 5.32 Å². The smallest absolute Gasteiger partial charge is 0.373 e. The average molecular weight is 177 g/mol. The average Bonchev–Trinajstić information content (AvgIpc) is 2.03. The van der Waals surface area contributed by atoms with Gasteiger partial charge in [0.05, 0.1) is 0 Å². The second kappa shape index (κ2) is 2.96. The molecule has 0 aliphatic rings. The lowest BCUT2D eigenvalue weighted by Crippen LogP contribution is -2.09. The van der Waals surface area contributed by atoms with E-state index < -0.39 is 11.9 Å². The van der Waals surface area contributed by atoms with Crippen molar-refractivity contribution in [3.8, 4) is 0 Å². The summed E-state index contributed by atoms with van der Waals surface area (Å²) in [6.07, 6.45) is -3.54. The quantitative estimate of drug-likeness (QED) is 0.706. The van der Waals surface area contributed by atoms with Crippen LogP contribution in [0.3, 0.4) is 0 Å². The highest BCUT2D eigenvalue weighted by Crippen LogP contribution is 2.27. The van der Waals surface area contributed by atoms with Crippen molar-refractivity contribution in [2.45, 2.75) is 6.18 Å². The van der Waals surface area contributed by atoms with E-state index in [1.165, 1.54) is 7.05 Å². The first-order valence-electron chi connectivity index (χ1n) is 3.11. The summed E-state index contributed by atoms with van der Waals surface area (Å²) < 4.78 is 36.0. The van der Waals surface area contributed by atoms with Crippen molar-refractivity contribution in [1.29, 1.82) is 0 Å². The van der Waals surface area contributed by atoms with E-state index in [1.54, 1.807) is 0 Å². The number of anilines is 1. The monoisotopic (exact) mass is 177 g/mol. The van der Waals surface area contributed by atoms with Gasteiger partial charge in [-0.2, -0.15) is 13.2 Å². The third kappa shape index (κ3) is 1.84. The van der Waals surface area contributed by atoms with Crippen molar-refractivity contribution in [1.82, 2.24) is 9.97 Å². The molecule has 1 rings (SSSR count). The van der Waals surface area contributed by atoms with Crippen LogP contribution in [0.4, 0.5) is 19.0 Å². The first-order chi connectivity index (χ1) is 5.54. The van der Waals surface area contributed by atoms with E-state index in [2.05, 4.69) is 15.3 Å². The molecule has 0 atom stereocenters. The van der Waals surface area contributed by atoms with Crippen LogP contribution in [-0.2, 0) is 6.18 Å². The Hall–Kier alpha value is -1.33. The molecule has 0 aliphatic heterocycles. The summed E-state index contributed by atoms with van der Waals surface area (Å²) in [5.41, 5.74) is -0.943. The van der Waals surface area contributed by atoms with Crippen LogP contribution in [0.15, 0.2) is 12.4 Å². The Kier molecular flexibility index (Phi) is 2.16. The second-order valence-electron chi connectivity index (χ2n) is 2.04. The molecule has 0 unspecified atom stereocenters. The van der Waals surface area contributed by atoms with Crippen molar-refractivity contribution in [2.24, 2.45) is 0 Å². The third-order valence-electron chi connectivity index (χ3n) is 1.21. The molecule has 12 heavy (non-hydrogen) atoms. The van der Waals surface area contributed by atoms with E-state index in [-0.39, 0.29) is 5.82 Å². The molecule has 1 aromatic rings. The van der Waals surface area contributed by atoms with Crippen molar-refractivity contribution in [2.75, 3.05) is 12.4 Å². The Morgan fingerprint density at radius 2 is 2.00 bits per heavy atom. The van der Waals surface area contributed by atoms with Crippen LogP contribution in [0.25, 0.3) is 0 Å². The number of hydrogen-bond acceptors (Lipinski definition) is 3. The zero-order chi connectivity index (χ0) is 9.19. The van der Waals surface area contributed by atoms with Crippen molar-refractivity contribution >= 4 is 5.82 Å². The summed E-state index contributed by atoms with van der Waals surface area (Å²) in [7, 11) is 1.49. The van der Waals surface area contributed by atoms with Crippen molar-refractivity contribution in [3.63, 3.8) is 0 Å². The molecule has 1 heterocycles. The van der Waals surface area contributed by atoms with Crippen LogP contribution in [0.2, 0.25) is 0 Å². The molecule has 66 valence electrons. The summed E-state index contributed by atoms with van der Waals surface area (Å²) in [4.78, 5) is 6.63. The van der Waals surface area contributed by atoms with Crippen LogP contribution in [0, 0.1) is 0 Å². The lowest BCUT2D eigenvalue weighted by Gasteiger charge is -2.05. The van der Waals surface area contributed by atoms with E-state index in [0.717, 1.165) is 12.4 Å². The minimum Gasteiger partial charge on any atom is -0.373 e.